The Morgan fingerprint density at radius 2 is 2.00 bits per heavy atom. The summed E-state index contributed by atoms with van der Waals surface area (Å²) in [7, 11) is -3.42. The zero-order chi connectivity index (χ0) is 15.2. The van der Waals surface area contributed by atoms with Crippen molar-refractivity contribution in [2.24, 2.45) is 0 Å². The molecule has 0 saturated heterocycles. The molecule has 1 heterocycles. The highest BCUT2D eigenvalue weighted by molar-refractivity contribution is 7.91. The standard InChI is InChI=1S/C13H24N2O3S2/c1-10(2)14-8-12-7-13(19-9-12)20(16,17)15-5-6-18-11(3)4/h7,9-11,14-15H,5-6,8H2,1-4H3. The van der Waals surface area contributed by atoms with Gasteiger partial charge in [-0.05, 0) is 30.9 Å². The van der Waals surface area contributed by atoms with Crippen molar-refractivity contribution in [3.05, 3.63) is 17.0 Å². The molecule has 1 rings (SSSR count). The smallest absolute Gasteiger partial charge is 0.250 e. The Bertz CT molecular complexity index is 495. The molecule has 0 unspecified atom stereocenters. The number of thiophene rings is 1. The van der Waals surface area contributed by atoms with Gasteiger partial charge in [-0.15, -0.1) is 11.3 Å². The largest absolute Gasteiger partial charge is 0.377 e. The molecular weight excluding hydrogens is 296 g/mol. The summed E-state index contributed by atoms with van der Waals surface area (Å²) in [5.41, 5.74) is 0.988. The van der Waals surface area contributed by atoms with Crippen molar-refractivity contribution in [3.63, 3.8) is 0 Å². The Hall–Kier alpha value is -0.470. The molecule has 0 aliphatic heterocycles. The lowest BCUT2D eigenvalue weighted by molar-refractivity contribution is 0.0834. The van der Waals surface area contributed by atoms with Crippen molar-refractivity contribution >= 4 is 21.4 Å². The molecule has 0 spiro atoms. The first kappa shape index (κ1) is 17.6. The molecule has 0 aromatic carbocycles. The molecule has 0 aliphatic rings. The quantitative estimate of drug-likeness (QED) is 0.683. The number of nitrogens with one attached hydrogen (secondary N) is 2. The van der Waals surface area contributed by atoms with Crippen molar-refractivity contribution in [1.82, 2.24) is 10.0 Å². The molecule has 0 radical (unpaired) electrons. The van der Waals surface area contributed by atoms with Crippen LogP contribution in [-0.4, -0.2) is 33.7 Å². The molecule has 20 heavy (non-hydrogen) atoms. The number of hydrogen-bond donors (Lipinski definition) is 2. The zero-order valence-electron chi connectivity index (χ0n) is 12.5. The second kappa shape index (κ2) is 8.09. The summed E-state index contributed by atoms with van der Waals surface area (Å²) >= 11 is 1.24. The fourth-order valence-corrected chi connectivity index (χ4v) is 3.72. The fourth-order valence-electron chi connectivity index (χ4n) is 1.45. The Morgan fingerprint density at radius 1 is 1.30 bits per heavy atom. The molecule has 5 nitrogen and oxygen atoms in total. The Kier molecular flexibility index (Phi) is 7.11. The molecule has 116 valence electrons. The van der Waals surface area contributed by atoms with Gasteiger partial charge < -0.3 is 10.1 Å². The molecule has 0 aliphatic carbocycles. The summed E-state index contributed by atoms with van der Waals surface area (Å²) in [6.45, 7) is 9.30. The minimum Gasteiger partial charge on any atom is -0.377 e. The molecule has 0 amide bonds. The van der Waals surface area contributed by atoms with Gasteiger partial charge in [0.05, 0.1) is 12.7 Å². The van der Waals surface area contributed by atoms with Crippen LogP contribution in [0.1, 0.15) is 33.3 Å². The predicted octanol–water partition coefficient (Wildman–Crippen LogP) is 1.95. The zero-order valence-corrected chi connectivity index (χ0v) is 14.1. The maximum absolute atomic E-state index is 12.1. The van der Waals surface area contributed by atoms with Crippen LogP contribution in [0, 0.1) is 0 Å². The van der Waals surface area contributed by atoms with E-state index in [1.54, 1.807) is 6.07 Å². The summed E-state index contributed by atoms with van der Waals surface area (Å²) in [5.74, 6) is 0. The van der Waals surface area contributed by atoms with Crippen LogP contribution in [0.25, 0.3) is 0 Å². The molecule has 1 aromatic heterocycles. The van der Waals surface area contributed by atoms with Crippen LogP contribution in [0.4, 0.5) is 0 Å². The van der Waals surface area contributed by atoms with E-state index in [1.165, 1.54) is 11.3 Å². The van der Waals surface area contributed by atoms with Gasteiger partial charge in [-0.3, -0.25) is 0 Å². The van der Waals surface area contributed by atoms with Gasteiger partial charge in [-0.1, -0.05) is 13.8 Å². The molecule has 0 bridgehead atoms. The maximum atomic E-state index is 12.1. The first-order valence-electron chi connectivity index (χ1n) is 6.73. The van der Waals surface area contributed by atoms with E-state index in [0.717, 1.165) is 5.56 Å². The molecule has 0 atom stereocenters. The number of hydrogen-bond acceptors (Lipinski definition) is 5. The molecule has 2 N–H and O–H groups in total. The minimum absolute atomic E-state index is 0.106. The van der Waals surface area contributed by atoms with Crippen molar-refractivity contribution in [2.45, 2.75) is 50.6 Å². The van der Waals surface area contributed by atoms with Gasteiger partial charge in [-0.2, -0.15) is 0 Å². The second-order valence-electron chi connectivity index (χ2n) is 5.13. The average Bonchev–Trinajstić information content (AvgIpc) is 2.81. The van der Waals surface area contributed by atoms with E-state index in [1.807, 2.05) is 19.2 Å². The number of ether oxygens (including phenoxy) is 1. The van der Waals surface area contributed by atoms with Crippen molar-refractivity contribution in [3.8, 4) is 0 Å². The molecule has 0 fully saturated rings. The lowest BCUT2D eigenvalue weighted by Gasteiger charge is -2.08. The van der Waals surface area contributed by atoms with E-state index in [2.05, 4.69) is 23.9 Å². The highest BCUT2D eigenvalue weighted by atomic mass is 32.2. The van der Waals surface area contributed by atoms with E-state index >= 15 is 0 Å². The molecule has 0 saturated carbocycles. The first-order chi connectivity index (χ1) is 9.31. The molecule has 7 heteroatoms. The van der Waals surface area contributed by atoms with Crippen LogP contribution in [-0.2, 0) is 21.3 Å². The third kappa shape index (κ3) is 6.32. The Morgan fingerprint density at radius 3 is 2.60 bits per heavy atom. The average molecular weight is 320 g/mol. The maximum Gasteiger partial charge on any atom is 0.250 e. The summed E-state index contributed by atoms with van der Waals surface area (Å²) in [6.07, 6.45) is 0.106. The van der Waals surface area contributed by atoms with Gasteiger partial charge in [0, 0.05) is 19.1 Å². The highest BCUT2D eigenvalue weighted by Crippen LogP contribution is 2.20. The van der Waals surface area contributed by atoms with E-state index in [-0.39, 0.29) is 12.6 Å². The predicted molar refractivity (Wildman–Crippen MR) is 82.6 cm³/mol. The Balaban J connectivity index is 2.51. The van der Waals surface area contributed by atoms with Gasteiger partial charge in [0.1, 0.15) is 4.21 Å². The monoisotopic (exact) mass is 320 g/mol. The molecule has 1 aromatic rings. The van der Waals surface area contributed by atoms with Crippen LogP contribution >= 0.6 is 11.3 Å². The van der Waals surface area contributed by atoms with Crippen molar-refractivity contribution in [1.29, 1.82) is 0 Å². The third-order valence-corrected chi connectivity index (χ3v) is 5.40. The van der Waals surface area contributed by atoms with E-state index in [0.29, 0.717) is 23.4 Å². The first-order valence-corrected chi connectivity index (χ1v) is 9.09. The van der Waals surface area contributed by atoms with E-state index in [9.17, 15) is 8.42 Å². The van der Waals surface area contributed by atoms with Gasteiger partial charge >= 0.3 is 0 Å². The normalized spacial score (nSPS) is 12.5. The number of rotatable bonds is 9. The summed E-state index contributed by atoms with van der Waals surface area (Å²) in [4.78, 5) is 0. The SMILES string of the molecule is CC(C)NCc1csc(S(=O)(=O)NCCOC(C)C)c1. The van der Waals surface area contributed by atoms with Gasteiger partial charge in [-0.25, -0.2) is 13.1 Å². The van der Waals surface area contributed by atoms with Crippen molar-refractivity contribution in [2.75, 3.05) is 13.2 Å². The summed E-state index contributed by atoms with van der Waals surface area (Å²) in [6, 6.07) is 2.09. The van der Waals surface area contributed by atoms with Crippen molar-refractivity contribution < 1.29 is 13.2 Å². The van der Waals surface area contributed by atoms with Gasteiger partial charge in [0.25, 0.3) is 0 Å². The van der Waals surface area contributed by atoms with Gasteiger partial charge in [0.2, 0.25) is 10.0 Å². The fraction of sp³-hybridized carbons (Fsp3) is 0.692. The highest BCUT2D eigenvalue weighted by Gasteiger charge is 2.16. The number of sulfonamides is 1. The Labute approximate surface area is 125 Å². The topological polar surface area (TPSA) is 67.4 Å². The molecular formula is C13H24N2O3S2. The minimum atomic E-state index is -3.42. The van der Waals surface area contributed by atoms with Crippen LogP contribution in [0.5, 0.6) is 0 Å². The van der Waals surface area contributed by atoms with E-state index in [4.69, 9.17) is 4.74 Å². The lowest BCUT2D eigenvalue weighted by atomic mass is 10.3. The van der Waals surface area contributed by atoms with Gasteiger partial charge in [0.15, 0.2) is 0 Å². The van der Waals surface area contributed by atoms with Crippen LogP contribution in [0.2, 0.25) is 0 Å². The third-order valence-electron chi connectivity index (χ3n) is 2.45. The second-order valence-corrected chi connectivity index (χ2v) is 8.03. The van der Waals surface area contributed by atoms with Crippen LogP contribution in [0.3, 0.4) is 0 Å². The summed E-state index contributed by atoms with van der Waals surface area (Å²) < 4.78 is 32.3. The van der Waals surface area contributed by atoms with Crippen LogP contribution < -0.4 is 10.0 Å². The van der Waals surface area contributed by atoms with E-state index < -0.39 is 10.0 Å². The van der Waals surface area contributed by atoms with Crippen LogP contribution in [0.15, 0.2) is 15.7 Å². The summed E-state index contributed by atoms with van der Waals surface area (Å²) in [5, 5.41) is 5.13. The lowest BCUT2D eigenvalue weighted by Crippen LogP contribution is -2.27.